The summed E-state index contributed by atoms with van der Waals surface area (Å²) in [5.41, 5.74) is 2.74. The highest BCUT2D eigenvalue weighted by molar-refractivity contribution is 5.85. The van der Waals surface area contributed by atoms with E-state index in [-0.39, 0.29) is 0 Å². The monoisotopic (exact) mass is 230 g/mol. The fraction of sp³-hybridized carbons (Fsp3) is 0.231. The zero-order chi connectivity index (χ0) is 12.8. The van der Waals surface area contributed by atoms with Gasteiger partial charge in [0.15, 0.2) is 0 Å². The van der Waals surface area contributed by atoms with Gasteiger partial charge in [0.05, 0.1) is 11.6 Å². The van der Waals surface area contributed by atoms with Crippen LogP contribution < -0.4 is 5.32 Å². The molecule has 0 fully saturated rings. The minimum absolute atomic E-state index is 0.298. The van der Waals surface area contributed by atoms with Crippen LogP contribution in [-0.4, -0.2) is 17.6 Å². The molecule has 0 aliphatic carbocycles. The third-order valence-electron chi connectivity index (χ3n) is 2.40. The summed E-state index contributed by atoms with van der Waals surface area (Å²) < 4.78 is 0. The van der Waals surface area contributed by atoms with Gasteiger partial charge in [0.25, 0.3) is 0 Å². The van der Waals surface area contributed by atoms with Crippen LogP contribution in [0, 0.1) is 18.3 Å². The molecule has 1 rings (SSSR count). The molecule has 2 N–H and O–H groups in total. The van der Waals surface area contributed by atoms with Crippen molar-refractivity contribution in [3.8, 4) is 6.07 Å². The molecule has 0 radical (unpaired) electrons. The molecule has 0 aliphatic heterocycles. The molecule has 0 heterocycles. The average molecular weight is 230 g/mol. The number of hydrogen-bond acceptors (Lipinski definition) is 3. The molecule has 0 spiro atoms. The molecule has 4 nitrogen and oxygen atoms in total. The summed E-state index contributed by atoms with van der Waals surface area (Å²) in [6.45, 7) is 3.90. The van der Waals surface area contributed by atoms with Crippen molar-refractivity contribution in [1.82, 2.24) is 0 Å². The Kier molecular flexibility index (Phi) is 4.29. The van der Waals surface area contributed by atoms with Gasteiger partial charge in [0.1, 0.15) is 0 Å². The molecule has 0 unspecified atom stereocenters. The van der Waals surface area contributed by atoms with Crippen LogP contribution in [0.4, 0.5) is 5.69 Å². The smallest absolute Gasteiger partial charge is 0.331 e. The van der Waals surface area contributed by atoms with Crippen LogP contribution in [0.15, 0.2) is 29.8 Å². The lowest BCUT2D eigenvalue weighted by molar-refractivity contribution is -0.132. The summed E-state index contributed by atoms with van der Waals surface area (Å²) in [5, 5.41) is 20.5. The third kappa shape index (κ3) is 3.65. The van der Waals surface area contributed by atoms with Crippen LogP contribution in [0.1, 0.15) is 18.1 Å². The number of nitrogens with one attached hydrogen (secondary N) is 1. The molecule has 0 aromatic heterocycles. The molecule has 0 saturated carbocycles. The van der Waals surface area contributed by atoms with Crippen LogP contribution in [0.25, 0.3) is 0 Å². The molecule has 17 heavy (non-hydrogen) atoms. The molecular formula is C13H14N2O2. The Bertz CT molecular complexity index is 499. The maximum Gasteiger partial charge on any atom is 0.331 e. The van der Waals surface area contributed by atoms with E-state index < -0.39 is 5.97 Å². The second-order valence-electron chi connectivity index (χ2n) is 3.71. The molecular weight excluding hydrogens is 216 g/mol. The van der Waals surface area contributed by atoms with Crippen molar-refractivity contribution in [1.29, 1.82) is 5.26 Å². The predicted octanol–water partition coefficient (Wildman–Crippen LogP) is 2.31. The Labute approximate surface area is 100 Å². The second kappa shape index (κ2) is 5.71. The Morgan fingerprint density at radius 1 is 1.59 bits per heavy atom. The van der Waals surface area contributed by atoms with Crippen molar-refractivity contribution in [2.75, 3.05) is 11.9 Å². The maximum absolute atomic E-state index is 10.6. The van der Waals surface area contributed by atoms with Gasteiger partial charge < -0.3 is 10.4 Å². The first kappa shape index (κ1) is 12.8. The standard InChI is InChI=1S/C13H14N2O2/c1-9-3-4-11(8-14)7-12(9)15-6-5-10(2)13(16)17/h3-5,7,15H,6H2,1-2H3,(H,16,17)/b10-5-. The van der Waals surface area contributed by atoms with Crippen molar-refractivity contribution in [3.05, 3.63) is 41.0 Å². The first-order valence-electron chi connectivity index (χ1n) is 5.19. The molecule has 0 aliphatic rings. The topological polar surface area (TPSA) is 73.1 Å². The number of rotatable bonds is 4. The van der Waals surface area contributed by atoms with Gasteiger partial charge in [-0.25, -0.2) is 4.79 Å². The fourth-order valence-corrected chi connectivity index (χ4v) is 1.28. The van der Waals surface area contributed by atoms with Gasteiger partial charge in [0, 0.05) is 17.8 Å². The zero-order valence-electron chi connectivity index (χ0n) is 9.82. The van der Waals surface area contributed by atoms with E-state index in [1.54, 1.807) is 25.1 Å². The normalized spacial score (nSPS) is 10.8. The number of nitriles is 1. The number of aliphatic carboxylic acids is 1. The molecule has 1 aromatic carbocycles. The van der Waals surface area contributed by atoms with Crippen molar-refractivity contribution >= 4 is 11.7 Å². The summed E-state index contributed by atoms with van der Waals surface area (Å²) in [6, 6.07) is 7.42. The van der Waals surface area contributed by atoms with Crippen LogP contribution in [0.2, 0.25) is 0 Å². The predicted molar refractivity (Wildman–Crippen MR) is 65.8 cm³/mol. The minimum Gasteiger partial charge on any atom is -0.478 e. The van der Waals surface area contributed by atoms with E-state index in [0.29, 0.717) is 17.7 Å². The van der Waals surface area contributed by atoms with Crippen molar-refractivity contribution < 1.29 is 9.90 Å². The maximum atomic E-state index is 10.6. The van der Waals surface area contributed by atoms with E-state index in [9.17, 15) is 4.79 Å². The second-order valence-corrected chi connectivity index (χ2v) is 3.71. The van der Waals surface area contributed by atoms with E-state index in [2.05, 4.69) is 11.4 Å². The SMILES string of the molecule is C/C(=C/CNc1cc(C#N)ccc1C)C(=O)O. The average Bonchev–Trinajstić information content (AvgIpc) is 2.31. The summed E-state index contributed by atoms with van der Waals surface area (Å²) in [5.74, 6) is -0.922. The summed E-state index contributed by atoms with van der Waals surface area (Å²) in [6.07, 6.45) is 1.60. The lowest BCUT2D eigenvalue weighted by Crippen LogP contribution is -2.04. The summed E-state index contributed by atoms with van der Waals surface area (Å²) in [7, 11) is 0. The van der Waals surface area contributed by atoms with Crippen molar-refractivity contribution in [2.45, 2.75) is 13.8 Å². The Hall–Kier alpha value is -2.28. The van der Waals surface area contributed by atoms with Crippen LogP contribution in [-0.2, 0) is 4.79 Å². The molecule has 0 bridgehead atoms. The van der Waals surface area contributed by atoms with Crippen molar-refractivity contribution in [3.63, 3.8) is 0 Å². The Morgan fingerprint density at radius 2 is 2.29 bits per heavy atom. The summed E-state index contributed by atoms with van der Waals surface area (Å²) in [4.78, 5) is 10.6. The van der Waals surface area contributed by atoms with Crippen LogP contribution >= 0.6 is 0 Å². The van der Waals surface area contributed by atoms with E-state index in [0.717, 1.165) is 11.3 Å². The zero-order valence-corrected chi connectivity index (χ0v) is 9.82. The highest BCUT2D eigenvalue weighted by Crippen LogP contribution is 2.16. The molecule has 0 saturated heterocycles. The Balaban J connectivity index is 2.73. The van der Waals surface area contributed by atoms with Gasteiger partial charge in [-0.05, 0) is 31.5 Å². The number of carboxylic acids is 1. The molecule has 0 amide bonds. The highest BCUT2D eigenvalue weighted by Gasteiger charge is 2.00. The van der Waals surface area contributed by atoms with Gasteiger partial charge in [-0.15, -0.1) is 0 Å². The number of benzene rings is 1. The third-order valence-corrected chi connectivity index (χ3v) is 2.40. The Morgan fingerprint density at radius 3 is 2.88 bits per heavy atom. The number of aryl methyl sites for hydroxylation is 1. The summed E-state index contributed by atoms with van der Waals surface area (Å²) >= 11 is 0. The molecule has 88 valence electrons. The largest absolute Gasteiger partial charge is 0.478 e. The quantitative estimate of drug-likeness (QED) is 0.778. The van der Waals surface area contributed by atoms with E-state index in [1.165, 1.54) is 0 Å². The lowest BCUT2D eigenvalue weighted by Gasteiger charge is -2.07. The van der Waals surface area contributed by atoms with Crippen LogP contribution in [0.3, 0.4) is 0 Å². The first-order chi connectivity index (χ1) is 8.04. The van der Waals surface area contributed by atoms with Gasteiger partial charge in [-0.2, -0.15) is 5.26 Å². The number of anilines is 1. The lowest BCUT2D eigenvalue weighted by atomic mass is 10.1. The molecule has 0 atom stereocenters. The van der Waals surface area contributed by atoms with Gasteiger partial charge in [-0.1, -0.05) is 12.1 Å². The van der Waals surface area contributed by atoms with Crippen molar-refractivity contribution in [2.24, 2.45) is 0 Å². The van der Waals surface area contributed by atoms with E-state index in [1.807, 2.05) is 13.0 Å². The highest BCUT2D eigenvalue weighted by atomic mass is 16.4. The van der Waals surface area contributed by atoms with Gasteiger partial charge >= 0.3 is 5.97 Å². The minimum atomic E-state index is -0.922. The van der Waals surface area contributed by atoms with E-state index >= 15 is 0 Å². The number of carbonyl (C=O) groups is 1. The number of hydrogen-bond donors (Lipinski definition) is 2. The van der Waals surface area contributed by atoms with Gasteiger partial charge in [0.2, 0.25) is 0 Å². The first-order valence-corrected chi connectivity index (χ1v) is 5.19. The van der Waals surface area contributed by atoms with E-state index in [4.69, 9.17) is 10.4 Å². The number of nitrogens with zero attached hydrogens (tertiary/aromatic N) is 1. The number of carboxylic acid groups (broad SMARTS) is 1. The fourth-order valence-electron chi connectivity index (χ4n) is 1.28. The van der Waals surface area contributed by atoms with Gasteiger partial charge in [-0.3, -0.25) is 0 Å². The van der Waals surface area contributed by atoms with Crippen LogP contribution in [0.5, 0.6) is 0 Å². The molecule has 1 aromatic rings. The molecule has 4 heteroatoms.